The van der Waals surface area contributed by atoms with Crippen LogP contribution in [0.2, 0.25) is 39.3 Å². The van der Waals surface area contributed by atoms with Crippen LogP contribution in [0.3, 0.4) is 0 Å². The molecule has 16 rings (SSSR count). The van der Waals surface area contributed by atoms with Gasteiger partial charge in [-0.05, 0) is 165 Å². The predicted molar refractivity (Wildman–Crippen MR) is 549 cm³/mol. The molecular formula is C98H113Cl3F6MgN26O8SSi2. The summed E-state index contributed by atoms with van der Waals surface area (Å²) in [5.74, 6) is -1.11. The zero-order valence-electron chi connectivity index (χ0n) is 81.3. The van der Waals surface area contributed by atoms with Gasteiger partial charge in [-0.2, -0.15) is 103 Å². The minimum Gasteiger partial charge on any atom is -1.00 e. The van der Waals surface area contributed by atoms with Crippen molar-refractivity contribution in [3.8, 4) is 29.2 Å². The fraction of sp³-hybridized carbons (Fsp3) is 0.286. The van der Waals surface area contributed by atoms with Crippen LogP contribution < -0.4 is 60.8 Å². The predicted octanol–water partition coefficient (Wildman–Crippen LogP) is 12.9. The molecule has 3 unspecified atom stereocenters. The SMILES string of the molecule is C[Si](C)(C)N(c1c[c-]ccc1)[Si](C)(C)C.Cc1cc(C(=O)O)n(-c2cccc(C#N)c2)n1.Cn1cc(C(O)c2cccc(N)c2)cn1.Cn1cc(C(O)c2cccc(NC(=O)c3cc(C(F)(F)F)nn3-c3cccc(C#N)c3)c2)cn1.Cn1cc(C=O)cn1.NCC1CC1.NCCNCCN.O=S(Cl)Cl.[C-]#[N+]c1cccc(-n2nc(C(F)(F)F)cc2C(=O)Nc2cccc(C(NCC3CC3)c3cnn(C)c3)c2)c1.[Cl-].[Mg+2]. The van der Waals surface area contributed by atoms with Crippen LogP contribution >= 0.6 is 21.4 Å². The van der Waals surface area contributed by atoms with Gasteiger partial charge in [0.15, 0.2) is 29.1 Å². The van der Waals surface area contributed by atoms with E-state index in [1.54, 1.807) is 139 Å². The third kappa shape index (κ3) is 39.0. The van der Waals surface area contributed by atoms with E-state index in [1.165, 1.54) is 114 Å². The van der Waals surface area contributed by atoms with Crippen molar-refractivity contribution in [2.75, 3.05) is 59.9 Å². The average molecular weight is 2120 g/mol. The molecule has 7 heterocycles. The summed E-state index contributed by atoms with van der Waals surface area (Å²) < 4.78 is 102. The van der Waals surface area contributed by atoms with Crippen molar-refractivity contribution >= 4 is 123 Å². The van der Waals surface area contributed by atoms with E-state index in [1.807, 2.05) is 56.7 Å². The first kappa shape index (κ1) is 120. The largest absolute Gasteiger partial charge is 2.00 e. The number of halogens is 9. The number of carboxylic acid groups (broad SMARTS) is 1. The maximum Gasteiger partial charge on any atom is 2.00 e. The summed E-state index contributed by atoms with van der Waals surface area (Å²) >= 11 is 0. The first-order valence-electron chi connectivity index (χ1n) is 44.4. The molecule has 0 bridgehead atoms. The number of aromatic nitrogens is 14. The van der Waals surface area contributed by atoms with Crippen LogP contribution in [0.15, 0.2) is 238 Å². The monoisotopic (exact) mass is 2110 g/mol. The molecule has 34 nitrogen and oxygen atoms in total. The molecule has 145 heavy (non-hydrogen) atoms. The number of nitrogen functional groups attached to an aromatic ring is 1. The zero-order chi connectivity index (χ0) is 105. The zero-order valence-corrected chi connectivity index (χ0v) is 87.8. The third-order valence-corrected chi connectivity index (χ3v) is 27.8. The second-order valence-corrected chi connectivity index (χ2v) is 47.0. The van der Waals surface area contributed by atoms with Gasteiger partial charge in [-0.1, -0.05) is 106 Å². The van der Waals surface area contributed by atoms with Crippen molar-refractivity contribution in [3.63, 3.8) is 0 Å². The summed E-state index contributed by atoms with van der Waals surface area (Å²) in [5, 5.41) is 86.8. The summed E-state index contributed by atoms with van der Waals surface area (Å²) in [6, 6.07) is 57.1. The molecule has 0 radical (unpaired) electrons. The molecule has 762 valence electrons. The van der Waals surface area contributed by atoms with Gasteiger partial charge in [-0.15, -0.1) is 0 Å². The fourth-order valence-corrected chi connectivity index (χ4v) is 24.0. The van der Waals surface area contributed by atoms with Crippen molar-refractivity contribution in [3.05, 3.63) is 339 Å². The van der Waals surface area contributed by atoms with Crippen LogP contribution in [0.4, 0.5) is 54.8 Å². The number of anilines is 4. The number of nitrogens with one attached hydrogen (secondary N) is 4. The van der Waals surface area contributed by atoms with Gasteiger partial charge in [0, 0.05) is 146 Å². The summed E-state index contributed by atoms with van der Waals surface area (Å²) in [7, 11) is 11.9. The van der Waals surface area contributed by atoms with Crippen LogP contribution in [-0.4, -0.2) is 191 Å². The van der Waals surface area contributed by atoms with Gasteiger partial charge in [0.25, 0.3) is 11.8 Å². The summed E-state index contributed by atoms with van der Waals surface area (Å²) in [6.45, 7) is 28.3. The van der Waals surface area contributed by atoms with Gasteiger partial charge in [0.1, 0.15) is 40.1 Å². The second kappa shape index (κ2) is 57.4. The Morgan fingerprint density at radius 3 is 1.39 bits per heavy atom. The Balaban J connectivity index is 0.000000271. The molecule has 7 aromatic carbocycles. The second-order valence-electron chi connectivity index (χ2n) is 34.4. The number of aliphatic hydroxyl groups excluding tert-OH is 2. The Morgan fingerprint density at radius 1 is 0.586 bits per heavy atom. The Labute approximate surface area is 871 Å². The molecule has 2 amide bonds. The number of aldehydes is 1. The molecule has 14 aromatic rings. The molecule has 7 aromatic heterocycles. The number of nitrogens with zero attached hydrogens (tertiary/aromatic N) is 18. The molecule has 47 heteroatoms. The number of carbonyl (C=O) groups is 4. The van der Waals surface area contributed by atoms with Gasteiger partial charge in [0.2, 0.25) is 9.23 Å². The number of carboxylic acids is 1. The van der Waals surface area contributed by atoms with Crippen molar-refractivity contribution in [2.24, 2.45) is 57.2 Å². The first-order chi connectivity index (χ1) is 67.8. The van der Waals surface area contributed by atoms with E-state index in [0.717, 1.165) is 70.0 Å². The summed E-state index contributed by atoms with van der Waals surface area (Å²) in [6.07, 6.45) is 8.18. The van der Waals surface area contributed by atoms with Crippen LogP contribution in [0.5, 0.6) is 0 Å². The number of amides is 2. The van der Waals surface area contributed by atoms with Crippen molar-refractivity contribution in [2.45, 2.75) is 102 Å². The normalized spacial score (nSPS) is 12.4. The fourth-order valence-electron chi connectivity index (χ4n) is 14.1. The number of benzene rings is 7. The molecule has 3 atom stereocenters. The quantitative estimate of drug-likeness (QED) is 0.00456. The first-order valence-corrected chi connectivity index (χ1v) is 54.1. The molecular weight excluding hydrogens is 2000 g/mol. The molecule has 0 aliphatic heterocycles. The maximum atomic E-state index is 13.5. The standard InChI is InChI=1S/C27H24F3N7O.C23H17F3N6O2.C12H9N3O2.C12H22NSi2.C11H13N3O.C5H6N2O.C4H13N3.C4H9N.Cl2OS.ClH.Mg/c1-31-20-6-4-8-22(12-20)37-23(13-24(35-37)27(28,29)30)26(38)34-21-7-3-5-18(11-21)25(32-14-17-9-10-17)19-15-33-36(2)16-19;1-31-13-16(12-28-31)21(33)15-5-3-6-17(9-15)29-22(34)19-10-20(23(24,25)26)30-32(19)18-7-2-4-14(8-18)11-27;1-8-5-11(12(16)17)15(14-8)10-4-2-3-9(6-10)7-13;1-14(2,3)13(15(4,5)6)12-10-8-7-9-11-12;1-14-7-9(6-13-14)11(15)8-3-2-4-10(12)5-8;1-7-3-5(4-8)2-6-7;5-1-3-7-4-2-6;5-3-4-1-2-4;1-4(2)3;;/h3-8,11-13,15-17,25,32H,9-10,14H2,2H3,(H,34,38);2-10,12-13,21,33H,1H3,(H,29,34);2-6H,1H3,(H,16,17);7-8,10-11H,1-6H3;2-7,11,15H,12H2,1H3;2-4H,1H3;7H,1-6H2;4H,1-3,5H2;;1H;/q;;;-1;;;;;;;+2/p-1. The molecule has 15 N–H and O–H groups in total. The molecule has 2 fully saturated rings. The van der Waals surface area contributed by atoms with E-state index < -0.39 is 79.4 Å². The third-order valence-electron chi connectivity index (χ3n) is 20.6. The number of aryl methyl sites for hydroxylation is 5. The number of aromatic carboxylic acids is 1. The number of nitrogens with two attached hydrogens (primary N) is 4. The number of carbonyl (C=O) groups excluding carboxylic acids is 3. The minimum absolute atomic E-state index is 0. The van der Waals surface area contributed by atoms with Crippen molar-refractivity contribution < 1.29 is 77.5 Å². The van der Waals surface area contributed by atoms with E-state index in [0.29, 0.717) is 76.2 Å². The van der Waals surface area contributed by atoms with Crippen LogP contribution in [0.1, 0.15) is 147 Å². The van der Waals surface area contributed by atoms with E-state index in [2.05, 4.69) is 151 Å². The van der Waals surface area contributed by atoms with Gasteiger partial charge < -0.3 is 76.2 Å². The molecule has 2 aliphatic carbocycles. The number of aliphatic hydroxyl groups is 2. The molecule has 2 saturated carbocycles. The van der Waals surface area contributed by atoms with Crippen molar-refractivity contribution in [1.82, 2.24) is 79.1 Å². The molecule has 0 spiro atoms. The van der Waals surface area contributed by atoms with Gasteiger partial charge in [0.05, 0.1) is 89.0 Å². The van der Waals surface area contributed by atoms with E-state index in [-0.39, 0.29) is 86.9 Å². The van der Waals surface area contributed by atoms with Crippen LogP contribution in [0, 0.1) is 54.1 Å². The van der Waals surface area contributed by atoms with Crippen LogP contribution in [-0.2, 0) is 49.8 Å². The summed E-state index contributed by atoms with van der Waals surface area (Å²) in [5.41, 5.74) is 28.2. The van der Waals surface area contributed by atoms with Gasteiger partial charge in [-0.25, -0.2) is 27.9 Å². The van der Waals surface area contributed by atoms with Crippen molar-refractivity contribution in [1.29, 1.82) is 10.5 Å². The topological polar surface area (TPSA) is 478 Å². The Kier molecular flexibility index (Phi) is 47.6. The molecule has 0 saturated heterocycles. The number of nitriles is 2. The van der Waals surface area contributed by atoms with E-state index in [9.17, 15) is 55.7 Å². The summed E-state index contributed by atoms with van der Waals surface area (Å²) in [4.78, 5) is 50.5. The number of hydrogen-bond acceptors (Lipinski definition) is 23. The van der Waals surface area contributed by atoms with Crippen LogP contribution in [0.25, 0.3) is 21.9 Å². The Morgan fingerprint density at radius 2 is 1.01 bits per heavy atom. The number of alkyl halides is 6. The van der Waals surface area contributed by atoms with Gasteiger partial charge >= 0.3 is 41.4 Å². The van der Waals surface area contributed by atoms with Gasteiger partial charge in [-0.3, -0.25) is 33.1 Å². The van der Waals surface area contributed by atoms with E-state index >= 15 is 0 Å². The Hall–Kier alpha value is -13.3. The Bertz CT molecular complexity index is 6660. The minimum atomic E-state index is -4.78. The number of rotatable bonds is 26. The average Bonchev–Trinajstić information content (AvgIpc) is 1.67. The number of hydrogen-bond donors (Lipinski definition) is 11. The van der Waals surface area contributed by atoms with E-state index in [4.69, 9.17) is 49.3 Å². The smallest absolute Gasteiger partial charge is 1.00 e. The molecule has 2 aliphatic rings. The maximum absolute atomic E-state index is 13.5.